The number of ether oxygens (including phenoxy) is 1. The quantitative estimate of drug-likeness (QED) is 0.849. The first-order chi connectivity index (χ1) is 9.15. The van der Waals surface area contributed by atoms with E-state index in [9.17, 15) is 0 Å². The molecule has 0 heterocycles. The molecular weight excluding hydrogens is 281 g/mol. The summed E-state index contributed by atoms with van der Waals surface area (Å²) in [6, 6.07) is 15.1. The van der Waals surface area contributed by atoms with Crippen LogP contribution in [-0.4, -0.2) is 12.6 Å². The first kappa shape index (κ1) is 14.0. The molecule has 100 valence electrons. The van der Waals surface area contributed by atoms with Gasteiger partial charge in [-0.05, 0) is 37.3 Å². The van der Waals surface area contributed by atoms with E-state index < -0.39 is 0 Å². The number of hydrogen-bond donors (Lipinski definition) is 1. The number of halogens is 2. The summed E-state index contributed by atoms with van der Waals surface area (Å²) in [5.41, 5.74) is 0.856. The van der Waals surface area contributed by atoms with Gasteiger partial charge >= 0.3 is 0 Å². The third-order valence-corrected chi connectivity index (χ3v) is 3.14. The van der Waals surface area contributed by atoms with E-state index in [1.807, 2.05) is 43.3 Å². The van der Waals surface area contributed by atoms with Crippen LogP contribution in [0.3, 0.4) is 0 Å². The van der Waals surface area contributed by atoms with Crippen LogP contribution in [0.5, 0.6) is 5.75 Å². The van der Waals surface area contributed by atoms with E-state index in [2.05, 4.69) is 5.32 Å². The first-order valence-corrected chi connectivity index (χ1v) is 6.81. The standard InChI is InChI=1S/C15H15Cl2NO/c1-11(19-13-5-3-2-4-6-13)10-18-15-8-7-12(16)9-14(15)17/h2-9,11,18H,10H2,1H3. The lowest BCUT2D eigenvalue weighted by Gasteiger charge is -2.16. The molecule has 2 aromatic rings. The number of nitrogens with one attached hydrogen (secondary N) is 1. The maximum atomic E-state index is 6.09. The molecule has 0 saturated carbocycles. The minimum atomic E-state index is 0.0362. The van der Waals surface area contributed by atoms with Gasteiger partial charge in [-0.25, -0.2) is 0 Å². The van der Waals surface area contributed by atoms with Gasteiger partial charge in [-0.2, -0.15) is 0 Å². The number of rotatable bonds is 5. The average molecular weight is 296 g/mol. The van der Waals surface area contributed by atoms with Crippen molar-refractivity contribution in [2.45, 2.75) is 13.0 Å². The molecule has 0 bridgehead atoms. The highest BCUT2D eigenvalue weighted by Gasteiger charge is 2.06. The second-order valence-electron chi connectivity index (χ2n) is 4.25. The van der Waals surface area contributed by atoms with Crippen LogP contribution in [-0.2, 0) is 0 Å². The fourth-order valence-electron chi connectivity index (χ4n) is 1.66. The molecule has 2 nitrogen and oxygen atoms in total. The van der Waals surface area contributed by atoms with E-state index in [0.29, 0.717) is 16.6 Å². The van der Waals surface area contributed by atoms with Gasteiger partial charge in [0.1, 0.15) is 11.9 Å². The molecule has 0 amide bonds. The predicted molar refractivity (Wildman–Crippen MR) is 81.5 cm³/mol. The van der Waals surface area contributed by atoms with Gasteiger partial charge in [0.15, 0.2) is 0 Å². The lowest BCUT2D eigenvalue weighted by Crippen LogP contribution is -2.22. The Kier molecular flexibility index (Phi) is 4.94. The molecule has 0 spiro atoms. The Hall–Kier alpha value is -1.38. The Morgan fingerprint density at radius 3 is 2.53 bits per heavy atom. The number of anilines is 1. The Bertz CT molecular complexity index is 531. The molecule has 1 atom stereocenters. The van der Waals surface area contributed by atoms with Crippen molar-refractivity contribution >= 4 is 28.9 Å². The highest BCUT2D eigenvalue weighted by Crippen LogP contribution is 2.25. The molecule has 0 aliphatic rings. The molecule has 1 N–H and O–H groups in total. The zero-order valence-electron chi connectivity index (χ0n) is 10.6. The fourth-order valence-corrected chi connectivity index (χ4v) is 2.13. The third-order valence-electron chi connectivity index (χ3n) is 2.59. The van der Waals surface area contributed by atoms with E-state index in [4.69, 9.17) is 27.9 Å². The first-order valence-electron chi connectivity index (χ1n) is 6.06. The van der Waals surface area contributed by atoms with Gasteiger partial charge in [0.05, 0.1) is 17.3 Å². The molecule has 0 aliphatic carbocycles. The number of para-hydroxylation sites is 1. The zero-order chi connectivity index (χ0) is 13.7. The van der Waals surface area contributed by atoms with Crippen LogP contribution in [0.15, 0.2) is 48.5 Å². The van der Waals surface area contributed by atoms with Crippen molar-refractivity contribution in [2.24, 2.45) is 0 Å². The van der Waals surface area contributed by atoms with E-state index in [0.717, 1.165) is 11.4 Å². The topological polar surface area (TPSA) is 21.3 Å². The summed E-state index contributed by atoms with van der Waals surface area (Å²) in [6.45, 7) is 2.67. The van der Waals surface area contributed by atoms with Gasteiger partial charge in [-0.15, -0.1) is 0 Å². The molecule has 2 rings (SSSR count). The van der Waals surface area contributed by atoms with Crippen molar-refractivity contribution in [1.29, 1.82) is 0 Å². The average Bonchev–Trinajstić information content (AvgIpc) is 2.39. The zero-order valence-corrected chi connectivity index (χ0v) is 12.1. The summed E-state index contributed by atoms with van der Waals surface area (Å²) < 4.78 is 5.77. The van der Waals surface area contributed by atoms with Crippen molar-refractivity contribution in [3.63, 3.8) is 0 Å². The fraction of sp³-hybridized carbons (Fsp3) is 0.200. The second kappa shape index (κ2) is 6.69. The van der Waals surface area contributed by atoms with Crippen LogP contribution in [0, 0.1) is 0 Å². The molecule has 0 aliphatic heterocycles. The highest BCUT2D eigenvalue weighted by molar-refractivity contribution is 6.36. The summed E-state index contributed by atoms with van der Waals surface area (Å²) >= 11 is 11.9. The minimum Gasteiger partial charge on any atom is -0.489 e. The van der Waals surface area contributed by atoms with Crippen LogP contribution in [0.4, 0.5) is 5.69 Å². The smallest absolute Gasteiger partial charge is 0.119 e. The summed E-state index contributed by atoms with van der Waals surface area (Å²) in [5, 5.41) is 4.48. The summed E-state index contributed by atoms with van der Waals surface area (Å²) in [6.07, 6.45) is 0.0362. The maximum absolute atomic E-state index is 6.09. The monoisotopic (exact) mass is 295 g/mol. The van der Waals surface area contributed by atoms with Gasteiger partial charge in [-0.1, -0.05) is 41.4 Å². The maximum Gasteiger partial charge on any atom is 0.119 e. The Labute approximate surface area is 123 Å². The third kappa shape index (κ3) is 4.34. The van der Waals surface area contributed by atoms with Crippen LogP contribution in [0.1, 0.15) is 6.92 Å². The van der Waals surface area contributed by atoms with Gasteiger partial charge in [-0.3, -0.25) is 0 Å². The Morgan fingerprint density at radius 1 is 1.11 bits per heavy atom. The van der Waals surface area contributed by atoms with Gasteiger partial charge in [0.2, 0.25) is 0 Å². The lowest BCUT2D eigenvalue weighted by molar-refractivity contribution is 0.235. The lowest BCUT2D eigenvalue weighted by atomic mass is 10.3. The van der Waals surface area contributed by atoms with E-state index in [1.165, 1.54) is 0 Å². The van der Waals surface area contributed by atoms with Crippen molar-refractivity contribution in [2.75, 3.05) is 11.9 Å². The van der Waals surface area contributed by atoms with E-state index in [-0.39, 0.29) is 6.10 Å². The molecular formula is C15H15Cl2NO. The van der Waals surface area contributed by atoms with Crippen LogP contribution in [0.2, 0.25) is 10.0 Å². The number of benzene rings is 2. The SMILES string of the molecule is CC(CNc1ccc(Cl)cc1Cl)Oc1ccccc1. The molecule has 1 unspecified atom stereocenters. The summed E-state index contributed by atoms with van der Waals surface area (Å²) in [7, 11) is 0. The Balaban J connectivity index is 1.88. The highest BCUT2D eigenvalue weighted by atomic mass is 35.5. The minimum absolute atomic E-state index is 0.0362. The van der Waals surface area contributed by atoms with E-state index >= 15 is 0 Å². The van der Waals surface area contributed by atoms with E-state index in [1.54, 1.807) is 12.1 Å². The Morgan fingerprint density at radius 2 is 1.84 bits per heavy atom. The molecule has 19 heavy (non-hydrogen) atoms. The van der Waals surface area contributed by atoms with Crippen molar-refractivity contribution in [3.8, 4) is 5.75 Å². The number of hydrogen-bond acceptors (Lipinski definition) is 2. The van der Waals surface area contributed by atoms with Crippen molar-refractivity contribution in [3.05, 3.63) is 58.6 Å². The van der Waals surface area contributed by atoms with Crippen molar-refractivity contribution in [1.82, 2.24) is 0 Å². The molecule has 0 fully saturated rings. The molecule has 2 aromatic carbocycles. The molecule has 0 saturated heterocycles. The van der Waals surface area contributed by atoms with Crippen LogP contribution < -0.4 is 10.1 Å². The molecule has 0 radical (unpaired) electrons. The summed E-state index contributed by atoms with van der Waals surface area (Å²) in [4.78, 5) is 0. The van der Waals surface area contributed by atoms with Gasteiger partial charge in [0, 0.05) is 5.02 Å². The molecule has 0 aromatic heterocycles. The molecule has 4 heteroatoms. The van der Waals surface area contributed by atoms with Crippen LogP contribution in [0.25, 0.3) is 0 Å². The normalized spacial score (nSPS) is 11.9. The van der Waals surface area contributed by atoms with Gasteiger partial charge < -0.3 is 10.1 Å². The van der Waals surface area contributed by atoms with Gasteiger partial charge in [0.25, 0.3) is 0 Å². The summed E-state index contributed by atoms with van der Waals surface area (Å²) in [5.74, 6) is 0.860. The predicted octanol–water partition coefficient (Wildman–Crippen LogP) is 4.87. The largest absolute Gasteiger partial charge is 0.489 e. The second-order valence-corrected chi connectivity index (χ2v) is 5.09. The van der Waals surface area contributed by atoms with Crippen molar-refractivity contribution < 1.29 is 4.74 Å². The van der Waals surface area contributed by atoms with Crippen LogP contribution >= 0.6 is 23.2 Å².